The summed E-state index contributed by atoms with van der Waals surface area (Å²) >= 11 is 6.06. The van der Waals surface area contributed by atoms with Crippen LogP contribution in [0.2, 0.25) is 5.02 Å². The lowest BCUT2D eigenvalue weighted by molar-refractivity contribution is 0.102. The lowest BCUT2D eigenvalue weighted by atomic mass is 10.2. The molecular formula is C17H16ClN3O3. The Balaban J connectivity index is 2.09. The van der Waals surface area contributed by atoms with E-state index in [0.717, 1.165) is 5.52 Å². The number of methoxy groups -OCH3 is 1. The molecule has 0 saturated carbocycles. The van der Waals surface area contributed by atoms with E-state index < -0.39 is 0 Å². The number of amides is 1. The van der Waals surface area contributed by atoms with E-state index in [1.807, 2.05) is 0 Å². The highest BCUT2D eigenvalue weighted by molar-refractivity contribution is 6.34. The van der Waals surface area contributed by atoms with Crippen molar-refractivity contribution in [2.75, 3.05) is 12.4 Å². The zero-order valence-corrected chi connectivity index (χ0v) is 14.2. The number of aromatic nitrogens is 2. The molecular weight excluding hydrogens is 330 g/mol. The number of benzene rings is 2. The minimum absolute atomic E-state index is 0.151. The van der Waals surface area contributed by atoms with Gasteiger partial charge in [-0.25, -0.2) is 4.79 Å². The van der Waals surface area contributed by atoms with Crippen molar-refractivity contribution in [3.8, 4) is 5.75 Å². The van der Waals surface area contributed by atoms with E-state index in [9.17, 15) is 9.59 Å². The minimum atomic E-state index is -0.348. The summed E-state index contributed by atoms with van der Waals surface area (Å²) < 4.78 is 8.39. The maximum Gasteiger partial charge on any atom is 0.328 e. The van der Waals surface area contributed by atoms with Gasteiger partial charge in [0.1, 0.15) is 5.75 Å². The first-order chi connectivity index (χ1) is 11.4. The molecule has 0 bridgehead atoms. The Morgan fingerprint density at radius 1 is 1.12 bits per heavy atom. The third kappa shape index (κ3) is 2.55. The predicted molar refractivity (Wildman–Crippen MR) is 94.1 cm³/mol. The van der Waals surface area contributed by atoms with Gasteiger partial charge in [0.2, 0.25) is 0 Å². The van der Waals surface area contributed by atoms with Crippen molar-refractivity contribution in [2.45, 2.75) is 0 Å². The smallest absolute Gasteiger partial charge is 0.328 e. The van der Waals surface area contributed by atoms with Crippen LogP contribution in [-0.2, 0) is 14.1 Å². The van der Waals surface area contributed by atoms with Gasteiger partial charge in [-0.3, -0.25) is 13.9 Å². The number of hydrogen-bond donors (Lipinski definition) is 1. The zero-order valence-electron chi connectivity index (χ0n) is 13.5. The van der Waals surface area contributed by atoms with Crippen molar-refractivity contribution in [2.24, 2.45) is 14.1 Å². The molecule has 0 unspecified atom stereocenters. The van der Waals surface area contributed by atoms with Gasteiger partial charge in [0, 0.05) is 20.2 Å². The quantitative estimate of drug-likeness (QED) is 0.793. The van der Waals surface area contributed by atoms with Crippen LogP contribution >= 0.6 is 11.6 Å². The molecule has 0 aliphatic carbocycles. The van der Waals surface area contributed by atoms with Crippen molar-refractivity contribution in [3.05, 3.63) is 57.5 Å². The Labute approximate surface area is 143 Å². The highest BCUT2D eigenvalue weighted by Gasteiger charge is 2.16. The molecule has 0 radical (unpaired) electrons. The number of rotatable bonds is 3. The number of hydrogen-bond acceptors (Lipinski definition) is 3. The largest absolute Gasteiger partial charge is 0.494 e. The summed E-state index contributed by atoms with van der Waals surface area (Å²) in [7, 11) is 4.87. The molecule has 1 heterocycles. The third-order valence-corrected chi connectivity index (χ3v) is 4.29. The molecule has 0 spiro atoms. The van der Waals surface area contributed by atoms with Gasteiger partial charge in [-0.05, 0) is 18.2 Å². The van der Waals surface area contributed by atoms with E-state index >= 15 is 0 Å². The van der Waals surface area contributed by atoms with E-state index in [2.05, 4.69) is 5.32 Å². The Morgan fingerprint density at radius 3 is 2.38 bits per heavy atom. The fourth-order valence-electron chi connectivity index (χ4n) is 2.63. The molecule has 0 fully saturated rings. The van der Waals surface area contributed by atoms with Crippen LogP contribution in [0.25, 0.3) is 11.0 Å². The molecule has 3 rings (SSSR count). The SMILES string of the molecule is COc1cc2c(cc1NC(=O)c1ccccc1Cl)n(C)c(=O)n2C. The number of aryl methyl sites for hydroxylation is 2. The van der Waals surface area contributed by atoms with Crippen LogP contribution in [0.4, 0.5) is 5.69 Å². The Kier molecular flexibility index (Phi) is 4.07. The molecule has 3 aromatic rings. The Hall–Kier alpha value is -2.73. The predicted octanol–water partition coefficient (Wildman–Crippen LogP) is 2.79. The van der Waals surface area contributed by atoms with Crippen molar-refractivity contribution >= 4 is 34.2 Å². The minimum Gasteiger partial charge on any atom is -0.494 e. The molecule has 2 aromatic carbocycles. The topological polar surface area (TPSA) is 65.3 Å². The van der Waals surface area contributed by atoms with Crippen LogP contribution in [0, 0.1) is 0 Å². The second kappa shape index (κ2) is 6.05. The van der Waals surface area contributed by atoms with Crippen molar-refractivity contribution in [1.29, 1.82) is 0 Å². The van der Waals surface area contributed by atoms with Crippen molar-refractivity contribution in [3.63, 3.8) is 0 Å². The van der Waals surface area contributed by atoms with E-state index in [0.29, 0.717) is 27.5 Å². The number of nitrogens with one attached hydrogen (secondary N) is 1. The van der Waals surface area contributed by atoms with Crippen LogP contribution in [0.3, 0.4) is 0 Å². The van der Waals surface area contributed by atoms with Gasteiger partial charge in [0.25, 0.3) is 5.91 Å². The number of anilines is 1. The number of fused-ring (bicyclic) bond motifs is 1. The van der Waals surface area contributed by atoms with Crippen molar-refractivity contribution in [1.82, 2.24) is 9.13 Å². The molecule has 1 aromatic heterocycles. The maximum absolute atomic E-state index is 12.5. The van der Waals surface area contributed by atoms with Crippen LogP contribution in [-0.4, -0.2) is 22.2 Å². The van der Waals surface area contributed by atoms with E-state index in [-0.39, 0.29) is 11.6 Å². The molecule has 1 amide bonds. The van der Waals surface area contributed by atoms with Gasteiger partial charge in [-0.2, -0.15) is 0 Å². The summed E-state index contributed by atoms with van der Waals surface area (Å²) in [5.41, 5.74) is 2.09. The van der Waals surface area contributed by atoms with Crippen LogP contribution < -0.4 is 15.7 Å². The van der Waals surface area contributed by atoms with Gasteiger partial charge in [-0.1, -0.05) is 23.7 Å². The Morgan fingerprint density at radius 2 is 1.75 bits per heavy atom. The lowest BCUT2D eigenvalue weighted by Gasteiger charge is -2.12. The molecule has 0 aliphatic heterocycles. The summed E-state index contributed by atoms with van der Waals surface area (Å²) in [6, 6.07) is 10.2. The summed E-state index contributed by atoms with van der Waals surface area (Å²) in [4.78, 5) is 24.5. The van der Waals surface area contributed by atoms with E-state index in [1.54, 1.807) is 50.5 Å². The number of halogens is 1. The average Bonchev–Trinajstić information content (AvgIpc) is 2.78. The second-order valence-electron chi connectivity index (χ2n) is 5.38. The summed E-state index contributed by atoms with van der Waals surface area (Å²) in [6.45, 7) is 0. The average molecular weight is 346 g/mol. The van der Waals surface area contributed by atoms with Crippen LogP contribution in [0.15, 0.2) is 41.2 Å². The molecule has 1 N–H and O–H groups in total. The van der Waals surface area contributed by atoms with Crippen LogP contribution in [0.1, 0.15) is 10.4 Å². The van der Waals surface area contributed by atoms with E-state index in [1.165, 1.54) is 16.2 Å². The first-order valence-electron chi connectivity index (χ1n) is 7.23. The number of ether oxygens (including phenoxy) is 1. The van der Waals surface area contributed by atoms with Crippen LogP contribution in [0.5, 0.6) is 5.75 Å². The number of carbonyl (C=O) groups excluding carboxylic acids is 1. The van der Waals surface area contributed by atoms with Gasteiger partial charge in [0.15, 0.2) is 0 Å². The van der Waals surface area contributed by atoms with Gasteiger partial charge in [0.05, 0.1) is 34.4 Å². The number of imidazole rings is 1. The molecule has 124 valence electrons. The van der Waals surface area contributed by atoms with Gasteiger partial charge >= 0.3 is 5.69 Å². The fourth-order valence-corrected chi connectivity index (χ4v) is 2.85. The number of carbonyl (C=O) groups is 1. The molecule has 7 heteroatoms. The Bertz CT molecular complexity index is 1000. The molecule has 24 heavy (non-hydrogen) atoms. The lowest BCUT2D eigenvalue weighted by Crippen LogP contribution is -2.19. The zero-order chi connectivity index (χ0) is 17.4. The highest BCUT2D eigenvalue weighted by Crippen LogP contribution is 2.30. The van der Waals surface area contributed by atoms with E-state index in [4.69, 9.17) is 16.3 Å². The van der Waals surface area contributed by atoms with Crippen molar-refractivity contribution < 1.29 is 9.53 Å². The summed E-state index contributed by atoms with van der Waals surface area (Å²) in [6.07, 6.45) is 0. The summed E-state index contributed by atoms with van der Waals surface area (Å²) in [5.74, 6) is 0.114. The summed E-state index contributed by atoms with van der Waals surface area (Å²) in [5, 5.41) is 3.16. The molecule has 6 nitrogen and oxygen atoms in total. The second-order valence-corrected chi connectivity index (χ2v) is 5.78. The maximum atomic E-state index is 12.5. The normalized spacial score (nSPS) is 10.8. The molecule has 0 saturated heterocycles. The monoisotopic (exact) mass is 345 g/mol. The molecule has 0 atom stereocenters. The highest BCUT2D eigenvalue weighted by atomic mass is 35.5. The van der Waals surface area contributed by atoms with Gasteiger partial charge in [-0.15, -0.1) is 0 Å². The standard InChI is InChI=1S/C17H16ClN3O3/c1-20-13-8-12(15(24-3)9-14(13)21(2)17(20)23)19-16(22)10-6-4-5-7-11(10)18/h4-9H,1-3H3,(H,19,22). The number of nitrogens with zero attached hydrogens (tertiary/aromatic N) is 2. The fraction of sp³-hybridized carbons (Fsp3) is 0.176. The first-order valence-corrected chi connectivity index (χ1v) is 7.61. The third-order valence-electron chi connectivity index (χ3n) is 3.96. The molecule has 0 aliphatic rings. The van der Waals surface area contributed by atoms with Gasteiger partial charge < -0.3 is 10.1 Å². The first kappa shape index (κ1) is 16.1.